The Morgan fingerprint density at radius 1 is 0.919 bits per heavy atom. The fourth-order valence-corrected chi connectivity index (χ4v) is 5.73. The summed E-state index contributed by atoms with van der Waals surface area (Å²) in [7, 11) is -4.15. The molecule has 7 nitrogen and oxygen atoms in total. The Bertz CT molecular complexity index is 1310. The molecule has 0 saturated heterocycles. The number of nitrogens with one attached hydrogen (secondary N) is 1. The number of halogens is 1. The van der Waals surface area contributed by atoms with Crippen LogP contribution in [-0.4, -0.2) is 44.3 Å². The van der Waals surface area contributed by atoms with E-state index in [-0.39, 0.29) is 28.1 Å². The predicted molar refractivity (Wildman–Crippen MR) is 147 cm³/mol. The topological polar surface area (TPSA) is 86.8 Å². The van der Waals surface area contributed by atoms with Crippen LogP contribution in [-0.2, 0) is 26.2 Å². The standard InChI is InChI=1S/C28H32ClN3O4S/c1-4-25(28(34)30-5-2)31(19-22-17-15-21(3)16-18-22)27(33)20-32(26-14-10-9-13-24(26)29)37(35,36)23-11-7-6-8-12-23/h6-18,25H,4-5,19-20H2,1-3H3,(H,30,34)/t25-/m0/s1. The monoisotopic (exact) mass is 541 g/mol. The van der Waals surface area contributed by atoms with E-state index in [1.54, 1.807) is 42.5 Å². The van der Waals surface area contributed by atoms with Gasteiger partial charge in [-0.15, -0.1) is 0 Å². The smallest absolute Gasteiger partial charge is 0.264 e. The first-order valence-corrected chi connectivity index (χ1v) is 14.0. The fourth-order valence-electron chi connectivity index (χ4n) is 3.99. The fraction of sp³-hybridized carbons (Fsp3) is 0.286. The molecule has 1 atom stereocenters. The second-order valence-electron chi connectivity index (χ2n) is 8.60. The number of amides is 2. The lowest BCUT2D eigenvalue weighted by atomic mass is 10.1. The Morgan fingerprint density at radius 3 is 2.14 bits per heavy atom. The molecule has 0 fully saturated rings. The number of sulfonamides is 1. The van der Waals surface area contributed by atoms with Crippen molar-refractivity contribution in [2.24, 2.45) is 0 Å². The molecule has 0 spiro atoms. The molecule has 3 rings (SSSR count). The highest BCUT2D eigenvalue weighted by molar-refractivity contribution is 7.92. The third kappa shape index (κ3) is 6.90. The molecular formula is C28H32ClN3O4S. The zero-order valence-corrected chi connectivity index (χ0v) is 22.8. The molecule has 37 heavy (non-hydrogen) atoms. The Morgan fingerprint density at radius 2 is 1.54 bits per heavy atom. The molecule has 3 aromatic rings. The van der Waals surface area contributed by atoms with E-state index in [1.165, 1.54) is 17.0 Å². The first kappa shape index (κ1) is 28.2. The maximum Gasteiger partial charge on any atom is 0.264 e. The van der Waals surface area contributed by atoms with Gasteiger partial charge in [0.05, 0.1) is 15.6 Å². The van der Waals surface area contributed by atoms with Crippen molar-refractivity contribution in [3.05, 3.63) is 95.0 Å². The van der Waals surface area contributed by atoms with E-state index in [0.717, 1.165) is 15.4 Å². The van der Waals surface area contributed by atoms with Gasteiger partial charge in [0, 0.05) is 13.1 Å². The van der Waals surface area contributed by atoms with Gasteiger partial charge in [0.25, 0.3) is 10.0 Å². The minimum Gasteiger partial charge on any atom is -0.355 e. The number of anilines is 1. The number of benzene rings is 3. The number of aryl methyl sites for hydroxylation is 1. The van der Waals surface area contributed by atoms with Gasteiger partial charge in [-0.3, -0.25) is 13.9 Å². The van der Waals surface area contributed by atoms with Crippen LogP contribution in [0.5, 0.6) is 0 Å². The van der Waals surface area contributed by atoms with Crippen molar-refractivity contribution >= 4 is 39.1 Å². The second-order valence-corrected chi connectivity index (χ2v) is 10.9. The molecule has 196 valence electrons. The summed E-state index contributed by atoms with van der Waals surface area (Å²) in [6.45, 7) is 5.63. The average Bonchev–Trinajstić information content (AvgIpc) is 2.89. The van der Waals surface area contributed by atoms with Gasteiger partial charge in [0.15, 0.2) is 0 Å². The zero-order valence-electron chi connectivity index (χ0n) is 21.2. The summed E-state index contributed by atoms with van der Waals surface area (Å²) in [4.78, 5) is 28.3. The van der Waals surface area contributed by atoms with E-state index < -0.39 is 28.5 Å². The van der Waals surface area contributed by atoms with Gasteiger partial charge in [-0.05, 0) is 50.1 Å². The van der Waals surface area contributed by atoms with Crippen molar-refractivity contribution in [1.29, 1.82) is 0 Å². The van der Waals surface area contributed by atoms with Crippen LogP contribution >= 0.6 is 11.6 Å². The molecular weight excluding hydrogens is 510 g/mol. The van der Waals surface area contributed by atoms with Gasteiger partial charge in [-0.2, -0.15) is 0 Å². The van der Waals surface area contributed by atoms with Crippen LogP contribution in [0.3, 0.4) is 0 Å². The number of likely N-dealkylation sites (N-methyl/N-ethyl adjacent to an activating group) is 1. The summed E-state index contributed by atoms with van der Waals surface area (Å²) in [5, 5.41) is 2.98. The van der Waals surface area contributed by atoms with E-state index in [0.29, 0.717) is 13.0 Å². The van der Waals surface area contributed by atoms with Crippen molar-refractivity contribution in [3.63, 3.8) is 0 Å². The van der Waals surface area contributed by atoms with Crippen molar-refractivity contribution in [2.75, 3.05) is 17.4 Å². The number of hydrogen-bond acceptors (Lipinski definition) is 4. The first-order chi connectivity index (χ1) is 17.7. The van der Waals surface area contributed by atoms with Crippen molar-refractivity contribution in [3.8, 4) is 0 Å². The highest BCUT2D eigenvalue weighted by atomic mass is 35.5. The van der Waals surface area contributed by atoms with Crippen molar-refractivity contribution in [2.45, 2.75) is 44.7 Å². The molecule has 0 bridgehead atoms. The Hall–Kier alpha value is -3.36. The Labute approximate surface area is 224 Å². The third-order valence-electron chi connectivity index (χ3n) is 5.94. The number of nitrogens with zero attached hydrogens (tertiary/aromatic N) is 2. The normalized spacial score (nSPS) is 12.0. The van der Waals surface area contributed by atoms with Crippen LogP contribution in [0.2, 0.25) is 5.02 Å². The van der Waals surface area contributed by atoms with Crippen LogP contribution in [0, 0.1) is 6.92 Å². The van der Waals surface area contributed by atoms with Crippen LogP contribution in [0.15, 0.2) is 83.8 Å². The van der Waals surface area contributed by atoms with E-state index >= 15 is 0 Å². The average molecular weight is 542 g/mol. The highest BCUT2D eigenvalue weighted by Crippen LogP contribution is 2.30. The molecule has 0 unspecified atom stereocenters. The zero-order chi connectivity index (χ0) is 27.0. The summed E-state index contributed by atoms with van der Waals surface area (Å²) in [5.41, 5.74) is 2.08. The van der Waals surface area contributed by atoms with Gasteiger partial charge in [-0.25, -0.2) is 8.42 Å². The molecule has 3 aromatic carbocycles. The quantitative estimate of drug-likeness (QED) is 0.378. The molecule has 0 aliphatic carbocycles. The number of hydrogen-bond donors (Lipinski definition) is 1. The lowest BCUT2D eigenvalue weighted by molar-refractivity contribution is -0.140. The molecule has 0 aliphatic rings. The minimum atomic E-state index is -4.15. The summed E-state index contributed by atoms with van der Waals surface area (Å²) in [6, 6.07) is 21.2. The molecule has 1 N–H and O–H groups in total. The molecule has 0 saturated carbocycles. The molecule has 2 amide bonds. The number of para-hydroxylation sites is 1. The summed E-state index contributed by atoms with van der Waals surface area (Å²) in [5.74, 6) is -0.807. The Balaban J connectivity index is 2.05. The SMILES string of the molecule is CCNC(=O)[C@H](CC)N(Cc1ccc(C)cc1)C(=O)CN(c1ccccc1Cl)S(=O)(=O)c1ccccc1. The summed E-state index contributed by atoms with van der Waals surface area (Å²) >= 11 is 6.41. The van der Waals surface area contributed by atoms with Crippen molar-refractivity contribution in [1.82, 2.24) is 10.2 Å². The second kappa shape index (κ2) is 12.7. The van der Waals surface area contributed by atoms with Gasteiger partial charge in [0.2, 0.25) is 11.8 Å². The van der Waals surface area contributed by atoms with E-state index in [1.807, 2.05) is 45.0 Å². The largest absolute Gasteiger partial charge is 0.355 e. The molecule has 0 radical (unpaired) electrons. The molecule has 0 heterocycles. The van der Waals surface area contributed by atoms with E-state index in [4.69, 9.17) is 11.6 Å². The van der Waals surface area contributed by atoms with E-state index in [9.17, 15) is 18.0 Å². The van der Waals surface area contributed by atoms with Crippen LogP contribution in [0.1, 0.15) is 31.4 Å². The van der Waals surface area contributed by atoms with Gasteiger partial charge in [-0.1, -0.05) is 78.7 Å². The van der Waals surface area contributed by atoms with Crippen LogP contribution < -0.4 is 9.62 Å². The molecule has 9 heteroatoms. The lowest BCUT2D eigenvalue weighted by Crippen LogP contribution is -2.52. The predicted octanol–water partition coefficient (Wildman–Crippen LogP) is 4.79. The number of carbonyl (C=O) groups excluding carboxylic acids is 2. The number of carbonyl (C=O) groups is 2. The third-order valence-corrected chi connectivity index (χ3v) is 8.04. The molecule has 0 aliphatic heterocycles. The van der Waals surface area contributed by atoms with Gasteiger partial charge >= 0.3 is 0 Å². The first-order valence-electron chi connectivity index (χ1n) is 12.1. The number of rotatable bonds is 11. The van der Waals surface area contributed by atoms with E-state index in [2.05, 4.69) is 5.32 Å². The lowest BCUT2D eigenvalue weighted by Gasteiger charge is -2.33. The van der Waals surface area contributed by atoms with Gasteiger partial charge in [0.1, 0.15) is 12.6 Å². The minimum absolute atomic E-state index is 0.0311. The van der Waals surface area contributed by atoms with Crippen molar-refractivity contribution < 1.29 is 18.0 Å². The highest BCUT2D eigenvalue weighted by Gasteiger charge is 2.34. The van der Waals surface area contributed by atoms with Crippen LogP contribution in [0.25, 0.3) is 0 Å². The van der Waals surface area contributed by atoms with Crippen LogP contribution in [0.4, 0.5) is 5.69 Å². The molecule has 0 aromatic heterocycles. The van der Waals surface area contributed by atoms with Gasteiger partial charge < -0.3 is 10.2 Å². The maximum absolute atomic E-state index is 13.9. The Kier molecular flexibility index (Phi) is 9.72. The maximum atomic E-state index is 13.9. The summed E-state index contributed by atoms with van der Waals surface area (Å²) in [6.07, 6.45) is 0.362. The summed E-state index contributed by atoms with van der Waals surface area (Å²) < 4.78 is 28.5.